The Morgan fingerprint density at radius 2 is 0.557 bits per heavy atom. The lowest BCUT2D eigenvalue weighted by atomic mass is 10.0. The maximum atomic E-state index is 13.0. The second kappa shape index (κ2) is 75.9. The van der Waals surface area contributed by atoms with E-state index in [0.29, 0.717) is 17.4 Å². The van der Waals surface area contributed by atoms with Crippen molar-refractivity contribution in [1.82, 2.24) is 0 Å². The van der Waals surface area contributed by atoms with Gasteiger partial charge in [0.25, 0.3) is 6.29 Å². The van der Waals surface area contributed by atoms with Gasteiger partial charge in [-0.25, -0.2) is 4.79 Å². The first-order valence-electron chi connectivity index (χ1n) is 38.6. The maximum Gasteiger partial charge on any atom is 0.361 e. The number of quaternary nitrogens is 1. The van der Waals surface area contributed by atoms with Crippen molar-refractivity contribution < 1.29 is 42.9 Å². The third-order valence-electron chi connectivity index (χ3n) is 15.8. The Morgan fingerprint density at radius 3 is 0.835 bits per heavy atom. The van der Waals surface area contributed by atoms with E-state index in [4.69, 9.17) is 18.9 Å². The van der Waals surface area contributed by atoms with Gasteiger partial charge < -0.3 is 28.5 Å². The molecule has 2 unspecified atom stereocenters. The molecule has 0 aromatic rings. The van der Waals surface area contributed by atoms with Gasteiger partial charge in [-0.15, -0.1) is 0 Å². The van der Waals surface area contributed by atoms with E-state index in [1.165, 1.54) is 109 Å². The lowest BCUT2D eigenvalue weighted by molar-refractivity contribution is -0.870. The van der Waals surface area contributed by atoms with Gasteiger partial charge in [-0.2, -0.15) is 0 Å². The third kappa shape index (κ3) is 77.4. The number of carboxylic acid groups (broad SMARTS) is 1. The number of allylic oxidation sites excluding steroid dienone is 32. The number of carboxylic acids is 1. The van der Waals surface area contributed by atoms with Crippen LogP contribution in [0.2, 0.25) is 0 Å². The number of carbonyl (C=O) groups excluding carboxylic acids is 2. The second-order valence-electron chi connectivity index (χ2n) is 26.2. The Hall–Kier alpha value is -5.87. The first-order valence-corrected chi connectivity index (χ1v) is 38.6. The topological polar surface area (TPSA) is 108 Å². The molecule has 0 fully saturated rings. The van der Waals surface area contributed by atoms with Crippen LogP contribution in [0, 0.1) is 0 Å². The number of esters is 2. The second-order valence-corrected chi connectivity index (χ2v) is 26.2. The summed E-state index contributed by atoms with van der Waals surface area (Å²) in [6.45, 7) is 4.60. The van der Waals surface area contributed by atoms with Crippen molar-refractivity contribution in [2.45, 2.75) is 296 Å². The van der Waals surface area contributed by atoms with Gasteiger partial charge in [0, 0.05) is 12.8 Å². The highest BCUT2D eigenvalue weighted by atomic mass is 16.7. The number of nitrogens with zero attached hydrogens (tertiary/aromatic N) is 1. The number of unbranched alkanes of at least 4 members (excludes halogenated alkanes) is 22. The van der Waals surface area contributed by atoms with Crippen LogP contribution in [-0.4, -0.2) is 87.4 Å². The molecule has 9 heteroatoms. The molecular weight excluding hydrogens is 1200 g/mol. The average molecular weight is 1340 g/mol. The van der Waals surface area contributed by atoms with Crippen molar-refractivity contribution in [3.8, 4) is 0 Å². The van der Waals surface area contributed by atoms with Crippen LogP contribution in [0.15, 0.2) is 194 Å². The minimum absolute atomic E-state index is 0.172. The quantitative estimate of drug-likeness (QED) is 0.0211. The Balaban J connectivity index is 4.13. The summed E-state index contributed by atoms with van der Waals surface area (Å²) in [5, 5.41) is 9.76. The largest absolute Gasteiger partial charge is 0.477 e. The van der Waals surface area contributed by atoms with Gasteiger partial charge in [-0.05, 0) is 141 Å². The lowest BCUT2D eigenvalue weighted by Gasteiger charge is -2.25. The lowest BCUT2D eigenvalue weighted by Crippen LogP contribution is -2.40. The van der Waals surface area contributed by atoms with Gasteiger partial charge in [0.05, 0.1) is 34.4 Å². The molecule has 0 heterocycles. The van der Waals surface area contributed by atoms with E-state index >= 15 is 0 Å². The molecule has 0 aliphatic rings. The summed E-state index contributed by atoms with van der Waals surface area (Å²) in [5.41, 5.74) is 0. The Labute approximate surface area is 595 Å². The standard InChI is InChI=1S/C88H141NO8/c1-6-8-10-12-14-16-18-20-22-24-26-28-30-32-34-36-38-39-40-41-42-43-44-45-46-47-49-50-52-54-56-58-60-62-64-66-68-70-72-74-76-78-85(90)95-82-84(83-96-88(87(92)93)94-81-80-89(3,4)5)97-86(91)79-77-75-73-71-69-67-65-63-61-59-57-55-53-51-48-37-35-33-31-29-27-25-23-21-19-17-15-13-11-9-7-2/h8-11,14-17,20-23,26-29,32-35,38-39,41-42,48,51,55,57,61,63,67,69,84,88H,6-7,12-13,18-19,24-25,30-31,36-37,40,43-47,49-50,52-54,56,58-60,62,64-66,68,70-83H2,1-5H3/p+1/b10-8-,11-9-,16-14-,17-15-,22-20-,23-21-,28-26-,29-27-,34-32-,35-33-,39-38-,42-41-,51-48-,57-55-,63-61-,69-67-. The minimum Gasteiger partial charge on any atom is -0.477 e. The molecule has 546 valence electrons. The molecule has 0 bridgehead atoms. The van der Waals surface area contributed by atoms with Crippen LogP contribution in [-0.2, 0) is 33.3 Å². The number of ether oxygens (including phenoxy) is 4. The molecule has 0 aliphatic carbocycles. The predicted molar refractivity (Wildman–Crippen MR) is 419 cm³/mol. The van der Waals surface area contributed by atoms with E-state index in [0.717, 1.165) is 141 Å². The molecule has 0 amide bonds. The van der Waals surface area contributed by atoms with Gasteiger partial charge >= 0.3 is 17.9 Å². The number of likely N-dealkylation sites (N-methyl/N-ethyl adjacent to an activating group) is 1. The van der Waals surface area contributed by atoms with Crippen LogP contribution < -0.4 is 0 Å². The number of hydrogen-bond acceptors (Lipinski definition) is 7. The van der Waals surface area contributed by atoms with E-state index in [2.05, 4.69) is 208 Å². The Kier molecular flexibility index (Phi) is 71.3. The minimum atomic E-state index is -1.53. The molecule has 2 atom stereocenters. The monoisotopic (exact) mass is 1340 g/mol. The fourth-order valence-corrected chi connectivity index (χ4v) is 10.0. The molecule has 0 radical (unpaired) electrons. The third-order valence-corrected chi connectivity index (χ3v) is 15.8. The number of rotatable bonds is 69. The van der Waals surface area contributed by atoms with Gasteiger partial charge in [0.2, 0.25) is 0 Å². The first-order chi connectivity index (χ1) is 47.6. The molecule has 0 spiro atoms. The van der Waals surface area contributed by atoms with Crippen molar-refractivity contribution in [3.63, 3.8) is 0 Å². The van der Waals surface area contributed by atoms with E-state index in [1.807, 2.05) is 21.1 Å². The van der Waals surface area contributed by atoms with Crippen LogP contribution in [0.1, 0.15) is 284 Å². The predicted octanol–water partition coefficient (Wildman–Crippen LogP) is 24.9. The fraction of sp³-hybridized carbons (Fsp3) is 0.602. The summed E-state index contributed by atoms with van der Waals surface area (Å²) in [4.78, 5) is 37.7. The van der Waals surface area contributed by atoms with E-state index < -0.39 is 24.3 Å². The smallest absolute Gasteiger partial charge is 0.361 e. The van der Waals surface area contributed by atoms with E-state index in [9.17, 15) is 19.5 Å². The molecule has 0 saturated carbocycles. The molecule has 0 aromatic heterocycles. The summed E-state index contributed by atoms with van der Waals surface area (Å²) in [5.74, 6) is -2.06. The molecule has 0 rings (SSSR count). The molecule has 0 aliphatic heterocycles. The fourth-order valence-electron chi connectivity index (χ4n) is 10.0. The van der Waals surface area contributed by atoms with Crippen LogP contribution >= 0.6 is 0 Å². The molecule has 0 aromatic carbocycles. The van der Waals surface area contributed by atoms with Crippen LogP contribution in [0.25, 0.3) is 0 Å². The SMILES string of the molecule is CC/C=C\C/C=C\C/C=C\C/C=C\C/C=C\C/C=C\C/C=C\C/C=C\C/C=C\CCCCCC(=O)OC(COC(=O)CCCCCCCCCCCCCCCCCCCCC/C=C\C/C=C\C/C=C\C/C=C\C/C=C\C/C=C\C/C=C\CC)COC(OCC[N+](C)(C)C)C(=O)O. The summed E-state index contributed by atoms with van der Waals surface area (Å²) in [7, 11) is 5.96. The summed E-state index contributed by atoms with van der Waals surface area (Å²) >= 11 is 0. The van der Waals surface area contributed by atoms with Gasteiger partial charge in [0.1, 0.15) is 13.2 Å². The zero-order valence-electron chi connectivity index (χ0n) is 62.4. The highest BCUT2D eigenvalue weighted by molar-refractivity contribution is 5.71. The maximum absolute atomic E-state index is 13.0. The number of carbonyl (C=O) groups is 3. The van der Waals surface area contributed by atoms with Crippen molar-refractivity contribution in [2.24, 2.45) is 0 Å². The van der Waals surface area contributed by atoms with E-state index in [-0.39, 0.29) is 38.6 Å². The Morgan fingerprint density at radius 1 is 0.309 bits per heavy atom. The van der Waals surface area contributed by atoms with Gasteiger partial charge in [-0.3, -0.25) is 9.59 Å². The zero-order valence-corrected chi connectivity index (χ0v) is 62.4. The van der Waals surface area contributed by atoms with Gasteiger partial charge in [0.15, 0.2) is 6.10 Å². The molecular formula is C88H142NO8+. The highest BCUT2D eigenvalue weighted by Gasteiger charge is 2.25. The van der Waals surface area contributed by atoms with Crippen LogP contribution in [0.5, 0.6) is 0 Å². The summed E-state index contributed by atoms with van der Waals surface area (Å²) in [6, 6.07) is 0. The molecule has 97 heavy (non-hydrogen) atoms. The van der Waals surface area contributed by atoms with Crippen LogP contribution in [0.4, 0.5) is 0 Å². The first kappa shape index (κ1) is 91.1. The molecule has 1 N–H and O–H groups in total. The number of hydrogen-bond donors (Lipinski definition) is 1. The summed E-state index contributed by atoms with van der Waals surface area (Å²) in [6.07, 6.45) is 114. The molecule has 9 nitrogen and oxygen atoms in total. The van der Waals surface area contributed by atoms with E-state index in [1.54, 1.807) is 0 Å². The number of aliphatic carboxylic acids is 1. The van der Waals surface area contributed by atoms with Crippen molar-refractivity contribution in [3.05, 3.63) is 194 Å². The normalized spacial score (nSPS) is 13.8. The highest BCUT2D eigenvalue weighted by Crippen LogP contribution is 2.17. The van der Waals surface area contributed by atoms with Crippen molar-refractivity contribution in [1.29, 1.82) is 0 Å². The van der Waals surface area contributed by atoms with Crippen molar-refractivity contribution in [2.75, 3.05) is 47.5 Å². The summed E-state index contributed by atoms with van der Waals surface area (Å²) < 4.78 is 23.0. The zero-order chi connectivity index (χ0) is 70.4. The molecule has 0 saturated heterocycles. The average Bonchev–Trinajstić information content (AvgIpc) is 2.39. The Bertz CT molecular complexity index is 2310. The van der Waals surface area contributed by atoms with Crippen molar-refractivity contribution >= 4 is 17.9 Å². The van der Waals surface area contributed by atoms with Crippen LogP contribution in [0.3, 0.4) is 0 Å². The van der Waals surface area contributed by atoms with Gasteiger partial charge in [-0.1, -0.05) is 324 Å².